The smallest absolute Gasteiger partial charge is 0.0869 e. The van der Waals surface area contributed by atoms with E-state index in [0.29, 0.717) is 0 Å². The van der Waals surface area contributed by atoms with Gasteiger partial charge in [-0.1, -0.05) is 54.4 Å². The molecule has 0 aromatic heterocycles. The molecule has 1 atom stereocenters. The van der Waals surface area contributed by atoms with Crippen molar-refractivity contribution in [2.75, 3.05) is 19.6 Å². The second-order valence-corrected chi connectivity index (χ2v) is 7.80. The second-order valence-electron chi connectivity index (χ2n) is 7.36. The van der Waals surface area contributed by atoms with Crippen LogP contribution in [-0.2, 0) is 5.60 Å². The van der Waals surface area contributed by atoms with Crippen molar-refractivity contribution in [3.63, 3.8) is 0 Å². The minimum Gasteiger partial charge on any atom is -0.385 e. The van der Waals surface area contributed by atoms with Gasteiger partial charge in [0.25, 0.3) is 0 Å². The predicted octanol–water partition coefficient (Wildman–Crippen LogP) is 5.48. The summed E-state index contributed by atoms with van der Waals surface area (Å²) < 4.78 is 0. The van der Waals surface area contributed by atoms with Gasteiger partial charge in [0.1, 0.15) is 0 Å². The van der Waals surface area contributed by atoms with Crippen molar-refractivity contribution in [2.45, 2.75) is 44.6 Å². The van der Waals surface area contributed by atoms with E-state index in [2.05, 4.69) is 17.0 Å². The summed E-state index contributed by atoms with van der Waals surface area (Å²) in [6.45, 7) is 5.47. The first kappa shape index (κ1) is 18.4. The van der Waals surface area contributed by atoms with E-state index in [1.807, 2.05) is 43.3 Å². The van der Waals surface area contributed by atoms with E-state index in [1.165, 1.54) is 32.4 Å². The zero-order valence-electron chi connectivity index (χ0n) is 15.0. The Morgan fingerprint density at radius 1 is 0.920 bits per heavy atom. The molecule has 1 saturated heterocycles. The van der Waals surface area contributed by atoms with Crippen LogP contribution < -0.4 is 0 Å². The Morgan fingerprint density at radius 3 is 2.08 bits per heavy atom. The highest BCUT2D eigenvalue weighted by molar-refractivity contribution is 6.30. The lowest BCUT2D eigenvalue weighted by molar-refractivity contribution is 0.0416. The van der Waals surface area contributed by atoms with Gasteiger partial charge in [-0.05, 0) is 81.1 Å². The largest absolute Gasteiger partial charge is 0.385 e. The first-order chi connectivity index (χ1) is 12.0. The van der Waals surface area contributed by atoms with Crippen LogP contribution in [0.2, 0.25) is 5.02 Å². The third-order valence-corrected chi connectivity index (χ3v) is 5.52. The highest BCUT2D eigenvalue weighted by atomic mass is 35.5. The van der Waals surface area contributed by atoms with Crippen LogP contribution in [0.4, 0.5) is 0 Å². The maximum Gasteiger partial charge on any atom is 0.0869 e. The van der Waals surface area contributed by atoms with Crippen LogP contribution in [-0.4, -0.2) is 29.6 Å². The monoisotopic (exact) mass is 357 g/mol. The number of rotatable bonds is 6. The van der Waals surface area contributed by atoms with Crippen molar-refractivity contribution in [1.82, 2.24) is 4.90 Å². The lowest BCUT2D eigenvalue weighted by Crippen LogP contribution is -2.32. The highest BCUT2D eigenvalue weighted by Gasteiger charge is 2.23. The van der Waals surface area contributed by atoms with Crippen LogP contribution in [0, 0.1) is 0 Å². The fourth-order valence-electron chi connectivity index (χ4n) is 3.64. The molecule has 2 aromatic rings. The molecule has 134 valence electrons. The topological polar surface area (TPSA) is 23.5 Å². The van der Waals surface area contributed by atoms with Crippen LogP contribution in [0.25, 0.3) is 11.1 Å². The maximum absolute atomic E-state index is 10.9. The van der Waals surface area contributed by atoms with Gasteiger partial charge in [0.2, 0.25) is 0 Å². The zero-order chi connectivity index (χ0) is 17.7. The van der Waals surface area contributed by atoms with E-state index in [0.717, 1.165) is 41.1 Å². The Balaban J connectivity index is 1.58. The quantitative estimate of drug-likeness (QED) is 0.739. The third kappa shape index (κ3) is 5.07. The first-order valence-corrected chi connectivity index (χ1v) is 9.74. The summed E-state index contributed by atoms with van der Waals surface area (Å²) in [5.74, 6) is 0. The first-order valence-electron chi connectivity index (χ1n) is 9.36. The van der Waals surface area contributed by atoms with E-state index >= 15 is 0 Å². The summed E-state index contributed by atoms with van der Waals surface area (Å²) in [5.41, 5.74) is 2.50. The summed E-state index contributed by atoms with van der Waals surface area (Å²) in [6.07, 6.45) is 5.84. The van der Waals surface area contributed by atoms with Gasteiger partial charge in [-0.25, -0.2) is 0 Å². The third-order valence-electron chi connectivity index (χ3n) is 5.27. The molecule has 25 heavy (non-hydrogen) atoms. The van der Waals surface area contributed by atoms with Gasteiger partial charge in [-0.2, -0.15) is 0 Å². The maximum atomic E-state index is 10.9. The molecule has 3 heteroatoms. The van der Waals surface area contributed by atoms with Crippen molar-refractivity contribution in [1.29, 1.82) is 0 Å². The number of halogens is 1. The number of hydrogen-bond donors (Lipinski definition) is 1. The van der Waals surface area contributed by atoms with Gasteiger partial charge < -0.3 is 10.0 Å². The molecule has 1 fully saturated rings. The SMILES string of the molecule is CC(O)(CCCN1CCCCC1)c1ccc(-c2ccc(Cl)cc2)cc1. The lowest BCUT2D eigenvalue weighted by Gasteiger charge is -2.29. The summed E-state index contributed by atoms with van der Waals surface area (Å²) >= 11 is 5.95. The molecular weight excluding hydrogens is 330 g/mol. The molecule has 0 aliphatic carbocycles. The van der Waals surface area contributed by atoms with Crippen LogP contribution in [0.15, 0.2) is 48.5 Å². The summed E-state index contributed by atoms with van der Waals surface area (Å²) in [7, 11) is 0. The van der Waals surface area contributed by atoms with Crippen LogP contribution in [0.3, 0.4) is 0 Å². The van der Waals surface area contributed by atoms with Gasteiger partial charge in [-0.3, -0.25) is 0 Å². The van der Waals surface area contributed by atoms with Crippen molar-refractivity contribution in [2.24, 2.45) is 0 Å². The predicted molar refractivity (Wildman–Crippen MR) is 106 cm³/mol. The van der Waals surface area contributed by atoms with Crippen molar-refractivity contribution >= 4 is 11.6 Å². The average Bonchev–Trinajstić information content (AvgIpc) is 2.63. The van der Waals surface area contributed by atoms with Crippen LogP contribution >= 0.6 is 11.6 Å². The van der Waals surface area contributed by atoms with E-state index in [4.69, 9.17) is 11.6 Å². The Kier molecular flexibility index (Phi) is 6.16. The van der Waals surface area contributed by atoms with E-state index in [-0.39, 0.29) is 0 Å². The van der Waals surface area contributed by atoms with Gasteiger partial charge in [0, 0.05) is 5.02 Å². The van der Waals surface area contributed by atoms with Crippen LogP contribution in [0.1, 0.15) is 44.6 Å². The molecule has 0 spiro atoms. The number of piperidine rings is 1. The number of aliphatic hydroxyl groups is 1. The number of likely N-dealkylation sites (tertiary alicyclic amines) is 1. The Labute approximate surface area is 156 Å². The molecule has 0 radical (unpaired) electrons. The second kappa shape index (κ2) is 8.35. The van der Waals surface area contributed by atoms with Crippen LogP contribution in [0.5, 0.6) is 0 Å². The Morgan fingerprint density at radius 2 is 1.48 bits per heavy atom. The molecule has 1 heterocycles. The van der Waals surface area contributed by atoms with E-state index in [1.54, 1.807) is 0 Å². The highest BCUT2D eigenvalue weighted by Crippen LogP contribution is 2.29. The van der Waals surface area contributed by atoms with Gasteiger partial charge in [0.05, 0.1) is 5.60 Å². The molecule has 0 saturated carbocycles. The summed E-state index contributed by atoms with van der Waals surface area (Å²) in [5, 5.41) is 11.6. The van der Waals surface area contributed by atoms with E-state index < -0.39 is 5.60 Å². The normalized spacial score (nSPS) is 18.0. The van der Waals surface area contributed by atoms with Crippen molar-refractivity contribution in [3.8, 4) is 11.1 Å². The molecular formula is C22H28ClNO. The minimum absolute atomic E-state index is 0.747. The fraction of sp³-hybridized carbons (Fsp3) is 0.455. The zero-order valence-corrected chi connectivity index (χ0v) is 15.8. The molecule has 1 aliphatic rings. The molecule has 1 N–H and O–H groups in total. The lowest BCUT2D eigenvalue weighted by atomic mass is 9.89. The average molecular weight is 358 g/mol. The van der Waals surface area contributed by atoms with Gasteiger partial charge >= 0.3 is 0 Å². The van der Waals surface area contributed by atoms with E-state index in [9.17, 15) is 5.11 Å². The van der Waals surface area contributed by atoms with Crippen molar-refractivity contribution in [3.05, 3.63) is 59.1 Å². The summed E-state index contributed by atoms with van der Waals surface area (Å²) in [6, 6.07) is 16.1. The number of benzene rings is 2. The molecule has 3 rings (SSSR count). The number of hydrogen-bond acceptors (Lipinski definition) is 2. The molecule has 0 bridgehead atoms. The number of nitrogens with zero attached hydrogens (tertiary/aromatic N) is 1. The molecule has 2 nitrogen and oxygen atoms in total. The molecule has 2 aromatic carbocycles. The standard InChI is InChI=1S/C22H28ClNO/c1-22(25,14-5-17-24-15-3-2-4-16-24)20-10-6-18(7-11-20)19-8-12-21(23)13-9-19/h6-13,25H,2-5,14-17H2,1H3. The summed E-state index contributed by atoms with van der Waals surface area (Å²) in [4.78, 5) is 2.53. The minimum atomic E-state index is -0.770. The Hall–Kier alpha value is -1.35. The van der Waals surface area contributed by atoms with Gasteiger partial charge in [0.15, 0.2) is 0 Å². The fourth-order valence-corrected chi connectivity index (χ4v) is 3.76. The molecule has 1 aliphatic heterocycles. The molecule has 0 amide bonds. The van der Waals surface area contributed by atoms with Gasteiger partial charge in [-0.15, -0.1) is 0 Å². The molecule has 1 unspecified atom stereocenters. The Bertz CT molecular complexity index is 657. The van der Waals surface area contributed by atoms with Crippen molar-refractivity contribution < 1.29 is 5.11 Å².